The van der Waals surface area contributed by atoms with Crippen molar-refractivity contribution in [1.82, 2.24) is 15.4 Å². The van der Waals surface area contributed by atoms with Gasteiger partial charge in [-0.2, -0.15) is 0 Å². The summed E-state index contributed by atoms with van der Waals surface area (Å²) in [5.41, 5.74) is 7.00. The molecule has 0 saturated carbocycles. The molecule has 106 valence electrons. The molecular formula is C15H13ClN4O. The van der Waals surface area contributed by atoms with E-state index in [2.05, 4.69) is 15.4 Å². The van der Waals surface area contributed by atoms with Crippen molar-refractivity contribution < 1.29 is 4.79 Å². The summed E-state index contributed by atoms with van der Waals surface area (Å²) < 4.78 is 0. The molecule has 5 nitrogen and oxygen atoms in total. The molecule has 0 saturated heterocycles. The number of carbonyl (C=O) groups is 1. The van der Waals surface area contributed by atoms with E-state index in [4.69, 9.17) is 11.6 Å². The van der Waals surface area contributed by atoms with Gasteiger partial charge in [-0.05, 0) is 31.0 Å². The Bertz CT molecular complexity index is 815. The number of nitrogens with zero attached hydrogens (tertiary/aromatic N) is 3. The van der Waals surface area contributed by atoms with Gasteiger partial charge in [0.05, 0.1) is 16.6 Å². The maximum atomic E-state index is 12.3. The Balaban J connectivity index is 2.02. The van der Waals surface area contributed by atoms with Gasteiger partial charge in [0, 0.05) is 24.2 Å². The summed E-state index contributed by atoms with van der Waals surface area (Å²) in [6.07, 6.45) is 2.31. The lowest BCUT2D eigenvalue weighted by Gasteiger charge is -2.33. The summed E-state index contributed by atoms with van der Waals surface area (Å²) >= 11 is 6.03. The van der Waals surface area contributed by atoms with Crippen molar-refractivity contribution in [1.29, 1.82) is 0 Å². The van der Waals surface area contributed by atoms with Crippen molar-refractivity contribution in [2.24, 2.45) is 0 Å². The molecule has 0 spiro atoms. The van der Waals surface area contributed by atoms with Crippen molar-refractivity contribution in [2.75, 3.05) is 12.1 Å². The number of benzene rings is 1. The fraction of sp³-hybridized carbons (Fsp3) is 0.267. The Morgan fingerprint density at radius 2 is 2.10 bits per heavy atom. The van der Waals surface area contributed by atoms with Gasteiger partial charge in [-0.3, -0.25) is 9.80 Å². The standard InChI is InChI=1S/C15H13ClN4O/c1-20-15-14(13-10(19-20)3-2-4-12(13)21)17-11-7-8(16)5-6-9(11)18-15/h5-7,19H,2-4H2,1H3. The van der Waals surface area contributed by atoms with Crippen molar-refractivity contribution in [3.8, 4) is 0 Å². The van der Waals surface area contributed by atoms with E-state index in [1.165, 1.54) is 0 Å². The highest BCUT2D eigenvalue weighted by Gasteiger charge is 2.31. The summed E-state index contributed by atoms with van der Waals surface area (Å²) in [5.74, 6) is 0.813. The molecule has 0 bridgehead atoms. The molecule has 2 aliphatic rings. The van der Waals surface area contributed by atoms with Gasteiger partial charge in [0.25, 0.3) is 0 Å². The SMILES string of the molecule is CN1NC2=C(C(=O)CCC2)c2nc3cc(Cl)ccc3nc21. The van der Waals surface area contributed by atoms with E-state index in [1.807, 2.05) is 18.1 Å². The lowest BCUT2D eigenvalue weighted by atomic mass is 9.91. The number of fused-ring (bicyclic) bond motifs is 3. The second-order valence-corrected chi connectivity index (χ2v) is 5.77. The van der Waals surface area contributed by atoms with E-state index in [9.17, 15) is 4.79 Å². The molecule has 2 heterocycles. The van der Waals surface area contributed by atoms with Crippen molar-refractivity contribution in [2.45, 2.75) is 19.3 Å². The molecule has 1 aromatic carbocycles. The zero-order valence-electron chi connectivity index (χ0n) is 11.5. The van der Waals surface area contributed by atoms with Gasteiger partial charge in [-0.25, -0.2) is 9.97 Å². The zero-order chi connectivity index (χ0) is 14.6. The number of hydrazine groups is 1. The fourth-order valence-corrected chi connectivity index (χ4v) is 3.07. The molecule has 21 heavy (non-hydrogen) atoms. The molecule has 0 atom stereocenters. The second kappa shape index (κ2) is 4.43. The molecule has 4 rings (SSSR count). The average molecular weight is 301 g/mol. The largest absolute Gasteiger partial charge is 0.301 e. The molecule has 1 N–H and O–H groups in total. The molecule has 0 amide bonds. The summed E-state index contributed by atoms with van der Waals surface area (Å²) in [5, 5.41) is 2.44. The number of carbonyl (C=O) groups excluding carboxylic acids is 1. The lowest BCUT2D eigenvalue weighted by Crippen LogP contribution is -2.41. The van der Waals surface area contributed by atoms with Crippen LogP contribution in [0.25, 0.3) is 16.6 Å². The minimum absolute atomic E-state index is 0.133. The number of rotatable bonds is 0. The minimum Gasteiger partial charge on any atom is -0.301 e. The Labute approximate surface area is 126 Å². The van der Waals surface area contributed by atoms with Crippen LogP contribution >= 0.6 is 11.6 Å². The highest BCUT2D eigenvalue weighted by molar-refractivity contribution is 6.31. The van der Waals surface area contributed by atoms with Gasteiger partial charge in [-0.15, -0.1) is 0 Å². The number of hydrogen-bond acceptors (Lipinski definition) is 5. The van der Waals surface area contributed by atoms with Gasteiger partial charge >= 0.3 is 0 Å². The molecule has 1 aromatic heterocycles. The van der Waals surface area contributed by atoms with E-state index in [0.717, 1.165) is 24.1 Å². The second-order valence-electron chi connectivity index (χ2n) is 5.33. The van der Waals surface area contributed by atoms with E-state index in [-0.39, 0.29) is 5.78 Å². The Morgan fingerprint density at radius 3 is 2.95 bits per heavy atom. The zero-order valence-corrected chi connectivity index (χ0v) is 12.2. The molecule has 6 heteroatoms. The maximum absolute atomic E-state index is 12.3. The number of halogens is 1. The van der Waals surface area contributed by atoms with E-state index in [1.54, 1.807) is 12.1 Å². The Hall–Kier alpha value is -2.14. The summed E-state index contributed by atoms with van der Waals surface area (Å²) in [6.45, 7) is 0. The van der Waals surface area contributed by atoms with Crippen LogP contribution in [0.4, 0.5) is 5.82 Å². The summed E-state index contributed by atoms with van der Waals surface area (Å²) in [4.78, 5) is 21.6. The molecule has 0 radical (unpaired) electrons. The fourth-order valence-electron chi connectivity index (χ4n) is 2.91. The van der Waals surface area contributed by atoms with Crippen LogP contribution in [0.15, 0.2) is 23.9 Å². The quantitative estimate of drug-likeness (QED) is 0.810. The molecular weight excluding hydrogens is 288 g/mol. The topological polar surface area (TPSA) is 58.1 Å². The summed E-state index contributed by atoms with van der Waals surface area (Å²) in [6, 6.07) is 5.41. The lowest BCUT2D eigenvalue weighted by molar-refractivity contribution is -0.114. The number of allylic oxidation sites excluding steroid dienone is 2. The Kier molecular flexibility index (Phi) is 2.65. The molecule has 1 aliphatic heterocycles. The van der Waals surface area contributed by atoms with Crippen LogP contribution in [0.3, 0.4) is 0 Å². The Morgan fingerprint density at radius 1 is 1.24 bits per heavy atom. The van der Waals surface area contributed by atoms with Crippen LogP contribution < -0.4 is 10.4 Å². The molecule has 0 unspecified atom stereocenters. The first kappa shape index (κ1) is 12.6. The van der Waals surface area contributed by atoms with E-state index in [0.29, 0.717) is 34.0 Å². The van der Waals surface area contributed by atoms with Gasteiger partial charge < -0.3 is 5.43 Å². The number of Topliss-reactive ketones (excluding diaryl/α,β-unsaturated/α-hetero) is 1. The highest BCUT2D eigenvalue weighted by Crippen LogP contribution is 2.36. The van der Waals surface area contributed by atoms with Gasteiger partial charge in [0.15, 0.2) is 11.6 Å². The number of aromatic nitrogens is 2. The minimum atomic E-state index is 0.133. The first-order valence-electron chi connectivity index (χ1n) is 6.88. The third-order valence-corrected chi connectivity index (χ3v) is 4.11. The highest BCUT2D eigenvalue weighted by atomic mass is 35.5. The smallest absolute Gasteiger partial charge is 0.174 e. The van der Waals surface area contributed by atoms with E-state index < -0.39 is 0 Å². The molecule has 2 aromatic rings. The third kappa shape index (κ3) is 1.88. The number of nitrogens with one attached hydrogen (secondary N) is 1. The average Bonchev–Trinajstić information content (AvgIpc) is 2.45. The van der Waals surface area contributed by atoms with Gasteiger partial charge in [0.1, 0.15) is 5.69 Å². The molecule has 1 aliphatic carbocycles. The number of anilines is 1. The van der Waals surface area contributed by atoms with Gasteiger partial charge in [-0.1, -0.05) is 11.6 Å². The monoisotopic (exact) mass is 300 g/mol. The predicted octanol–water partition coefficient (Wildman–Crippen LogP) is 2.70. The number of hydrogen-bond donors (Lipinski definition) is 1. The first-order valence-corrected chi connectivity index (χ1v) is 7.26. The maximum Gasteiger partial charge on any atom is 0.174 e. The first-order chi connectivity index (χ1) is 10.1. The number of ketones is 1. The van der Waals surface area contributed by atoms with Gasteiger partial charge in [0.2, 0.25) is 0 Å². The van der Waals surface area contributed by atoms with E-state index >= 15 is 0 Å². The molecule has 0 fully saturated rings. The van der Waals surface area contributed by atoms with Crippen molar-refractivity contribution >= 4 is 39.8 Å². The normalized spacial score (nSPS) is 17.6. The third-order valence-electron chi connectivity index (χ3n) is 3.88. The van der Waals surface area contributed by atoms with Crippen LogP contribution in [0.2, 0.25) is 5.02 Å². The van der Waals surface area contributed by atoms with Crippen molar-refractivity contribution in [3.63, 3.8) is 0 Å². The van der Waals surface area contributed by atoms with Crippen LogP contribution in [0.1, 0.15) is 25.0 Å². The van der Waals surface area contributed by atoms with Crippen molar-refractivity contribution in [3.05, 3.63) is 34.6 Å². The summed E-state index contributed by atoms with van der Waals surface area (Å²) in [7, 11) is 1.89. The predicted molar refractivity (Wildman–Crippen MR) is 81.9 cm³/mol. The van der Waals surface area contributed by atoms with Crippen LogP contribution in [0, 0.1) is 0 Å². The van der Waals surface area contributed by atoms with Crippen LogP contribution in [-0.2, 0) is 4.79 Å². The van der Waals surface area contributed by atoms with Crippen LogP contribution in [-0.4, -0.2) is 22.8 Å². The van der Waals surface area contributed by atoms with Crippen LogP contribution in [0.5, 0.6) is 0 Å².